The van der Waals surface area contributed by atoms with Crippen molar-refractivity contribution in [2.75, 3.05) is 0 Å². The van der Waals surface area contributed by atoms with Crippen molar-refractivity contribution in [1.29, 1.82) is 0 Å². The van der Waals surface area contributed by atoms with Gasteiger partial charge in [0.05, 0.1) is 12.6 Å². The fourth-order valence-corrected chi connectivity index (χ4v) is 3.27. The standard InChI is InChI=1S/C20H20N4O/c25-20(18-11-17(18)15-7-3-1-4-8-15)23-19(12-24-14-21-13-22-24)16-9-5-2-6-10-16/h1-10,13-14,17-19H,11-12H2,(H,23,25)/t17-,18-,19+/m0/s1. The summed E-state index contributed by atoms with van der Waals surface area (Å²) in [5.41, 5.74) is 2.32. The van der Waals surface area contributed by atoms with Crippen molar-refractivity contribution in [3.05, 3.63) is 84.4 Å². The summed E-state index contributed by atoms with van der Waals surface area (Å²) in [7, 11) is 0. The zero-order valence-electron chi connectivity index (χ0n) is 13.8. The van der Waals surface area contributed by atoms with E-state index in [2.05, 4.69) is 27.5 Å². The monoisotopic (exact) mass is 332 g/mol. The molecule has 1 aliphatic carbocycles. The minimum absolute atomic E-state index is 0.0596. The Bertz CT molecular complexity index is 817. The normalized spacial score (nSPS) is 20.0. The summed E-state index contributed by atoms with van der Waals surface area (Å²) in [5.74, 6) is 0.510. The number of benzene rings is 2. The number of carbonyl (C=O) groups excluding carboxylic acids is 1. The zero-order chi connectivity index (χ0) is 17.1. The van der Waals surface area contributed by atoms with Gasteiger partial charge in [-0.2, -0.15) is 5.10 Å². The Morgan fingerprint density at radius 3 is 2.52 bits per heavy atom. The molecule has 0 radical (unpaired) electrons. The highest BCUT2D eigenvalue weighted by Crippen LogP contribution is 2.47. The van der Waals surface area contributed by atoms with Gasteiger partial charge in [0.1, 0.15) is 12.7 Å². The van der Waals surface area contributed by atoms with Crippen LogP contribution in [0, 0.1) is 5.92 Å². The van der Waals surface area contributed by atoms with Crippen LogP contribution in [0.4, 0.5) is 0 Å². The minimum Gasteiger partial charge on any atom is -0.347 e. The Morgan fingerprint density at radius 2 is 1.84 bits per heavy atom. The van der Waals surface area contributed by atoms with Gasteiger partial charge in [-0.3, -0.25) is 9.48 Å². The topological polar surface area (TPSA) is 59.8 Å². The lowest BCUT2D eigenvalue weighted by atomic mass is 10.1. The maximum absolute atomic E-state index is 12.7. The van der Waals surface area contributed by atoms with Crippen molar-refractivity contribution in [2.24, 2.45) is 5.92 Å². The van der Waals surface area contributed by atoms with E-state index in [-0.39, 0.29) is 17.9 Å². The highest BCUT2D eigenvalue weighted by Gasteiger charge is 2.44. The van der Waals surface area contributed by atoms with Crippen molar-refractivity contribution in [3.63, 3.8) is 0 Å². The third kappa shape index (κ3) is 3.60. The number of carbonyl (C=O) groups is 1. The molecule has 0 saturated heterocycles. The molecule has 1 fully saturated rings. The van der Waals surface area contributed by atoms with Crippen LogP contribution in [0.15, 0.2) is 73.3 Å². The minimum atomic E-state index is -0.118. The Kier molecular flexibility index (Phi) is 4.29. The maximum Gasteiger partial charge on any atom is 0.224 e. The number of hydrogen-bond acceptors (Lipinski definition) is 3. The molecule has 1 saturated carbocycles. The van der Waals surface area contributed by atoms with Crippen molar-refractivity contribution >= 4 is 5.91 Å². The van der Waals surface area contributed by atoms with E-state index in [0.717, 1.165) is 12.0 Å². The molecule has 1 aromatic heterocycles. The zero-order valence-corrected chi connectivity index (χ0v) is 13.8. The van der Waals surface area contributed by atoms with Gasteiger partial charge in [0.15, 0.2) is 0 Å². The van der Waals surface area contributed by atoms with Crippen molar-refractivity contribution in [3.8, 4) is 0 Å². The van der Waals surface area contributed by atoms with Crippen LogP contribution in [0.25, 0.3) is 0 Å². The number of nitrogens with zero attached hydrogens (tertiary/aromatic N) is 3. The lowest BCUT2D eigenvalue weighted by Gasteiger charge is -2.19. The van der Waals surface area contributed by atoms with Crippen LogP contribution < -0.4 is 5.32 Å². The quantitative estimate of drug-likeness (QED) is 0.755. The van der Waals surface area contributed by atoms with Crippen molar-refractivity contribution in [2.45, 2.75) is 24.9 Å². The first kappa shape index (κ1) is 15.6. The average Bonchev–Trinajstić information content (AvgIpc) is 3.31. The lowest BCUT2D eigenvalue weighted by molar-refractivity contribution is -0.123. The van der Waals surface area contributed by atoms with Crippen molar-refractivity contribution in [1.82, 2.24) is 20.1 Å². The van der Waals surface area contributed by atoms with E-state index in [1.165, 1.54) is 11.9 Å². The second kappa shape index (κ2) is 6.89. The Balaban J connectivity index is 1.46. The van der Waals surface area contributed by atoms with E-state index in [1.807, 2.05) is 48.5 Å². The molecule has 3 atom stereocenters. The number of nitrogens with one attached hydrogen (secondary N) is 1. The van der Waals surface area contributed by atoms with Gasteiger partial charge in [-0.25, -0.2) is 4.98 Å². The van der Waals surface area contributed by atoms with Gasteiger partial charge < -0.3 is 5.32 Å². The molecule has 126 valence electrons. The first-order valence-corrected chi connectivity index (χ1v) is 8.54. The van der Waals surface area contributed by atoms with E-state index in [0.29, 0.717) is 12.5 Å². The van der Waals surface area contributed by atoms with Crippen molar-refractivity contribution < 1.29 is 4.79 Å². The summed E-state index contributed by atoms with van der Waals surface area (Å²) in [5, 5.41) is 7.37. The van der Waals surface area contributed by atoms with Gasteiger partial charge in [-0.15, -0.1) is 0 Å². The fourth-order valence-electron chi connectivity index (χ4n) is 3.27. The predicted molar refractivity (Wildman–Crippen MR) is 94.6 cm³/mol. The molecule has 1 heterocycles. The SMILES string of the molecule is O=C(N[C@H](Cn1cncn1)c1ccccc1)[C@H]1C[C@H]1c1ccccc1. The molecule has 1 N–H and O–H groups in total. The third-order valence-electron chi connectivity index (χ3n) is 4.71. The summed E-state index contributed by atoms with van der Waals surface area (Å²) in [4.78, 5) is 16.7. The summed E-state index contributed by atoms with van der Waals surface area (Å²) in [6, 6.07) is 20.2. The number of hydrogen-bond donors (Lipinski definition) is 1. The van der Waals surface area contributed by atoms with Gasteiger partial charge in [0.2, 0.25) is 5.91 Å². The Morgan fingerprint density at radius 1 is 1.12 bits per heavy atom. The molecule has 25 heavy (non-hydrogen) atoms. The van der Waals surface area contributed by atoms with Crippen LogP contribution in [0.3, 0.4) is 0 Å². The highest BCUT2D eigenvalue weighted by molar-refractivity contribution is 5.83. The Hall–Kier alpha value is -2.95. The smallest absolute Gasteiger partial charge is 0.224 e. The second-order valence-electron chi connectivity index (χ2n) is 6.45. The average molecular weight is 332 g/mol. The van der Waals surface area contributed by atoms with Crippen LogP contribution in [0.5, 0.6) is 0 Å². The van der Waals surface area contributed by atoms with E-state index in [9.17, 15) is 4.79 Å². The molecule has 0 bridgehead atoms. The number of amides is 1. The lowest BCUT2D eigenvalue weighted by Crippen LogP contribution is -2.33. The molecule has 5 heteroatoms. The van der Waals surface area contributed by atoms with Crippen LogP contribution in [0.1, 0.15) is 29.5 Å². The first-order valence-electron chi connectivity index (χ1n) is 8.54. The van der Waals surface area contributed by atoms with Crippen LogP contribution in [-0.2, 0) is 11.3 Å². The summed E-state index contributed by atoms with van der Waals surface area (Å²) < 4.78 is 1.75. The van der Waals surface area contributed by atoms with Crippen LogP contribution in [-0.4, -0.2) is 20.7 Å². The summed E-state index contributed by atoms with van der Waals surface area (Å²) in [6.45, 7) is 0.568. The highest BCUT2D eigenvalue weighted by atomic mass is 16.2. The van der Waals surface area contributed by atoms with E-state index in [4.69, 9.17) is 0 Å². The molecule has 5 nitrogen and oxygen atoms in total. The molecular weight excluding hydrogens is 312 g/mol. The molecule has 0 aliphatic heterocycles. The van der Waals surface area contributed by atoms with Crippen LogP contribution >= 0.6 is 0 Å². The van der Waals surface area contributed by atoms with E-state index < -0.39 is 0 Å². The molecule has 0 spiro atoms. The predicted octanol–water partition coefficient (Wildman–Crippen LogP) is 2.94. The maximum atomic E-state index is 12.7. The van der Waals surface area contributed by atoms with Gasteiger partial charge in [0, 0.05) is 5.92 Å². The molecule has 1 aliphatic rings. The van der Waals surface area contributed by atoms with Crippen LogP contribution in [0.2, 0.25) is 0 Å². The number of aromatic nitrogens is 3. The largest absolute Gasteiger partial charge is 0.347 e. The fraction of sp³-hybridized carbons (Fsp3) is 0.250. The van der Waals surface area contributed by atoms with Gasteiger partial charge in [-0.05, 0) is 23.5 Å². The molecule has 4 rings (SSSR count). The van der Waals surface area contributed by atoms with Gasteiger partial charge in [-0.1, -0.05) is 60.7 Å². The van der Waals surface area contributed by atoms with Gasteiger partial charge >= 0.3 is 0 Å². The first-order chi connectivity index (χ1) is 12.3. The summed E-state index contributed by atoms with van der Waals surface area (Å²) >= 11 is 0. The molecule has 2 aromatic carbocycles. The second-order valence-corrected chi connectivity index (χ2v) is 6.45. The molecule has 1 amide bonds. The third-order valence-corrected chi connectivity index (χ3v) is 4.71. The Labute approximate surface area is 146 Å². The molecular formula is C20H20N4O. The van der Waals surface area contributed by atoms with Gasteiger partial charge in [0.25, 0.3) is 0 Å². The van der Waals surface area contributed by atoms with E-state index in [1.54, 1.807) is 11.0 Å². The molecule has 0 unspecified atom stereocenters. The molecule has 3 aromatic rings. The van der Waals surface area contributed by atoms with E-state index >= 15 is 0 Å². The summed E-state index contributed by atoms with van der Waals surface area (Å²) in [6.07, 6.45) is 4.10. The number of rotatable bonds is 6.